The third-order valence-corrected chi connectivity index (χ3v) is 4.94. The Morgan fingerprint density at radius 2 is 1.61 bits per heavy atom. The Balaban J connectivity index is 1.94. The van der Waals surface area contributed by atoms with E-state index in [4.69, 9.17) is 5.11 Å². The first-order chi connectivity index (χ1) is 14.8. The second-order valence-electron chi connectivity index (χ2n) is 6.67. The van der Waals surface area contributed by atoms with Gasteiger partial charge in [0.05, 0.1) is 27.7 Å². The second-order valence-corrected chi connectivity index (χ2v) is 6.67. The van der Waals surface area contributed by atoms with Crippen LogP contribution in [0, 0.1) is 20.2 Å². The molecule has 2 amide bonds. The van der Waals surface area contributed by atoms with Crippen molar-refractivity contribution in [2.75, 3.05) is 23.4 Å². The van der Waals surface area contributed by atoms with Crippen molar-refractivity contribution in [3.05, 3.63) is 79.9 Å². The molecule has 1 aliphatic rings. The molecule has 0 saturated carbocycles. The van der Waals surface area contributed by atoms with Crippen molar-refractivity contribution >= 4 is 45.3 Å². The lowest BCUT2D eigenvalue weighted by Gasteiger charge is -2.27. The molecular formula is C20H14N4O7. The summed E-state index contributed by atoms with van der Waals surface area (Å²) in [5.41, 5.74) is -0.257. The van der Waals surface area contributed by atoms with Crippen LogP contribution in [0.15, 0.2) is 48.5 Å². The van der Waals surface area contributed by atoms with Gasteiger partial charge >= 0.3 is 0 Å². The Labute approximate surface area is 173 Å². The summed E-state index contributed by atoms with van der Waals surface area (Å²) in [5, 5.41) is 35.0. The summed E-state index contributed by atoms with van der Waals surface area (Å²) < 4.78 is 0. The minimum Gasteiger partial charge on any atom is -0.395 e. The number of nitro groups is 2. The van der Waals surface area contributed by atoms with Crippen LogP contribution >= 0.6 is 0 Å². The van der Waals surface area contributed by atoms with Gasteiger partial charge in [0.25, 0.3) is 23.2 Å². The van der Waals surface area contributed by atoms with Crippen molar-refractivity contribution in [2.24, 2.45) is 0 Å². The number of hydrogen-bond donors (Lipinski definition) is 2. The van der Waals surface area contributed by atoms with E-state index in [1.54, 1.807) is 6.07 Å². The molecule has 3 aromatic carbocycles. The van der Waals surface area contributed by atoms with Gasteiger partial charge in [-0.25, -0.2) is 4.90 Å². The molecule has 3 aromatic rings. The number of benzene rings is 3. The predicted octanol–water partition coefficient (Wildman–Crippen LogP) is 2.86. The van der Waals surface area contributed by atoms with Crippen LogP contribution in [0.25, 0.3) is 10.8 Å². The smallest absolute Gasteiger partial charge is 0.293 e. The molecule has 0 bridgehead atoms. The number of carbonyl (C=O) groups excluding carboxylic acids is 2. The van der Waals surface area contributed by atoms with Crippen LogP contribution in [-0.2, 0) is 0 Å². The zero-order valence-electron chi connectivity index (χ0n) is 15.8. The minimum atomic E-state index is -0.778. The molecule has 2 N–H and O–H groups in total. The van der Waals surface area contributed by atoms with E-state index in [1.165, 1.54) is 24.3 Å². The van der Waals surface area contributed by atoms with Gasteiger partial charge in [-0.2, -0.15) is 0 Å². The highest BCUT2D eigenvalue weighted by atomic mass is 16.6. The van der Waals surface area contributed by atoms with Crippen LogP contribution in [0.2, 0.25) is 0 Å². The third-order valence-electron chi connectivity index (χ3n) is 4.94. The first-order valence-corrected chi connectivity index (χ1v) is 9.07. The van der Waals surface area contributed by atoms with Crippen molar-refractivity contribution < 1.29 is 24.5 Å². The molecule has 11 nitrogen and oxygen atoms in total. The standard InChI is InChI=1S/C20H14N4O7/c25-9-8-21-18-13-2-1-3-14-17(13)15(10-16(18)24(30)31)20(27)22(19(14)26)11-4-6-12(7-5-11)23(28)29/h1-7,10,21,25H,8-9H2. The number of nitrogens with one attached hydrogen (secondary N) is 1. The molecule has 4 rings (SSSR count). The average Bonchev–Trinajstić information content (AvgIpc) is 2.76. The molecule has 1 heterocycles. The second kappa shape index (κ2) is 7.46. The fraction of sp³-hybridized carbons (Fsp3) is 0.100. The topological polar surface area (TPSA) is 156 Å². The maximum atomic E-state index is 13.2. The number of aliphatic hydroxyl groups is 1. The van der Waals surface area contributed by atoms with Gasteiger partial charge in [0.1, 0.15) is 5.69 Å². The number of imide groups is 1. The molecule has 0 aliphatic carbocycles. The summed E-state index contributed by atoms with van der Waals surface area (Å²) in [6.07, 6.45) is 0. The van der Waals surface area contributed by atoms with Crippen LogP contribution in [0.3, 0.4) is 0 Å². The molecule has 156 valence electrons. The number of nitrogens with zero attached hydrogens (tertiary/aromatic N) is 3. The summed E-state index contributed by atoms with van der Waals surface area (Å²) in [7, 11) is 0. The quantitative estimate of drug-likeness (QED) is 0.349. The number of anilines is 2. The molecule has 0 spiro atoms. The molecule has 0 aromatic heterocycles. The minimum absolute atomic E-state index is 0.0372. The predicted molar refractivity (Wildman–Crippen MR) is 110 cm³/mol. The molecular weight excluding hydrogens is 408 g/mol. The van der Waals surface area contributed by atoms with Gasteiger partial charge in [-0.1, -0.05) is 12.1 Å². The number of amides is 2. The highest BCUT2D eigenvalue weighted by Gasteiger charge is 2.37. The van der Waals surface area contributed by atoms with Gasteiger partial charge in [-0.05, 0) is 18.2 Å². The van der Waals surface area contributed by atoms with E-state index in [1.807, 2.05) is 0 Å². The van der Waals surface area contributed by atoms with Gasteiger partial charge in [-0.3, -0.25) is 29.8 Å². The SMILES string of the molecule is O=C1c2cccc3c(NCCO)c([N+](=O)[O-])cc(c23)C(=O)N1c1ccc([N+](=O)[O-])cc1. The van der Waals surface area contributed by atoms with E-state index in [2.05, 4.69) is 5.32 Å². The normalized spacial score (nSPS) is 12.9. The molecule has 0 saturated heterocycles. The number of non-ortho nitro benzene ring substituents is 1. The highest BCUT2D eigenvalue weighted by Crippen LogP contribution is 2.41. The first kappa shape index (κ1) is 19.9. The van der Waals surface area contributed by atoms with Crippen LogP contribution in [-0.4, -0.2) is 39.9 Å². The average molecular weight is 422 g/mol. The monoisotopic (exact) mass is 422 g/mol. The molecule has 11 heteroatoms. The largest absolute Gasteiger partial charge is 0.395 e. The number of aliphatic hydroxyl groups excluding tert-OH is 1. The molecule has 0 radical (unpaired) electrons. The Kier molecular flexibility index (Phi) is 4.79. The highest BCUT2D eigenvalue weighted by molar-refractivity contribution is 6.37. The van der Waals surface area contributed by atoms with Crippen molar-refractivity contribution in [1.82, 2.24) is 0 Å². The van der Waals surface area contributed by atoms with Crippen LogP contribution < -0.4 is 10.2 Å². The summed E-state index contributed by atoms with van der Waals surface area (Å²) >= 11 is 0. The number of nitro benzene ring substituents is 2. The molecule has 0 unspecified atom stereocenters. The Morgan fingerprint density at radius 3 is 2.23 bits per heavy atom. The molecule has 1 aliphatic heterocycles. The van der Waals surface area contributed by atoms with Crippen LogP contribution in [0.1, 0.15) is 20.7 Å². The summed E-state index contributed by atoms with van der Waals surface area (Å²) in [4.78, 5) is 48.5. The van der Waals surface area contributed by atoms with Crippen molar-refractivity contribution in [1.29, 1.82) is 0 Å². The van der Waals surface area contributed by atoms with Gasteiger partial charge in [0.2, 0.25) is 0 Å². The summed E-state index contributed by atoms with van der Waals surface area (Å²) in [5.74, 6) is -1.43. The molecule has 0 fully saturated rings. The van der Waals surface area contributed by atoms with Crippen molar-refractivity contribution in [3.63, 3.8) is 0 Å². The number of carbonyl (C=O) groups is 2. The maximum absolute atomic E-state index is 13.2. The van der Waals surface area contributed by atoms with Gasteiger partial charge in [0.15, 0.2) is 0 Å². The summed E-state index contributed by atoms with van der Waals surface area (Å²) in [6, 6.07) is 10.6. The first-order valence-electron chi connectivity index (χ1n) is 9.07. The van der Waals surface area contributed by atoms with Crippen LogP contribution in [0.5, 0.6) is 0 Å². The van der Waals surface area contributed by atoms with E-state index >= 15 is 0 Å². The zero-order chi connectivity index (χ0) is 22.3. The van der Waals surface area contributed by atoms with E-state index in [0.717, 1.165) is 23.1 Å². The Hall–Kier alpha value is -4.38. The summed E-state index contributed by atoms with van der Waals surface area (Å²) in [6.45, 7) is -0.234. The number of rotatable bonds is 6. The van der Waals surface area contributed by atoms with Crippen molar-refractivity contribution in [2.45, 2.75) is 0 Å². The van der Waals surface area contributed by atoms with E-state index in [-0.39, 0.29) is 52.4 Å². The Bertz CT molecular complexity index is 1270. The van der Waals surface area contributed by atoms with Crippen LogP contribution in [0.4, 0.5) is 22.7 Å². The lowest BCUT2D eigenvalue weighted by Crippen LogP contribution is -2.40. The fourth-order valence-electron chi connectivity index (χ4n) is 3.62. The maximum Gasteiger partial charge on any atom is 0.293 e. The number of hydrogen-bond acceptors (Lipinski definition) is 8. The Morgan fingerprint density at radius 1 is 0.935 bits per heavy atom. The van der Waals surface area contributed by atoms with E-state index in [9.17, 15) is 29.8 Å². The van der Waals surface area contributed by atoms with Gasteiger partial charge < -0.3 is 10.4 Å². The van der Waals surface area contributed by atoms with Gasteiger partial charge in [0, 0.05) is 41.1 Å². The zero-order valence-corrected chi connectivity index (χ0v) is 15.8. The van der Waals surface area contributed by atoms with Crippen molar-refractivity contribution in [3.8, 4) is 0 Å². The fourth-order valence-corrected chi connectivity index (χ4v) is 3.62. The lowest BCUT2D eigenvalue weighted by molar-refractivity contribution is -0.384. The van der Waals surface area contributed by atoms with E-state index in [0.29, 0.717) is 5.39 Å². The molecule has 31 heavy (non-hydrogen) atoms. The molecule has 0 atom stereocenters. The lowest BCUT2D eigenvalue weighted by atomic mass is 9.91. The van der Waals surface area contributed by atoms with E-state index < -0.39 is 21.7 Å². The van der Waals surface area contributed by atoms with Gasteiger partial charge in [-0.15, -0.1) is 0 Å². The third kappa shape index (κ3) is 3.13.